The van der Waals surface area contributed by atoms with Crippen molar-refractivity contribution in [3.8, 4) is 0 Å². The zero-order valence-corrected chi connectivity index (χ0v) is 15.7. The lowest BCUT2D eigenvalue weighted by atomic mass is 9.63. The standard InChI is InChI=1S/C23H20N2O4/c26-21(24-11-14-5-2-8-29-14)12-3-1-4-13(9-12)25-22(27)19-15-6-7-16(18-10-17(15)18)20(19)23(25)28/h1-9,15-20H,10-11H2,(H,24,26)/t15-,16+,17-,18-,19+,20-/m1/s1. The summed E-state index contributed by atoms with van der Waals surface area (Å²) in [5, 5.41) is 2.80. The molecular weight excluding hydrogens is 368 g/mol. The Labute approximate surface area is 167 Å². The highest BCUT2D eigenvalue weighted by atomic mass is 16.3. The lowest BCUT2D eigenvalue weighted by Gasteiger charge is -2.37. The fourth-order valence-electron chi connectivity index (χ4n) is 5.68. The fraction of sp³-hybridized carbons (Fsp3) is 0.348. The van der Waals surface area contributed by atoms with Gasteiger partial charge in [0.2, 0.25) is 11.8 Å². The second-order valence-electron chi connectivity index (χ2n) is 8.48. The number of rotatable bonds is 4. The Hall–Kier alpha value is -3.15. The number of anilines is 1. The molecule has 6 nitrogen and oxygen atoms in total. The van der Waals surface area contributed by atoms with Crippen LogP contribution in [0, 0.1) is 35.5 Å². The maximum atomic E-state index is 13.2. The number of imide groups is 1. The van der Waals surface area contributed by atoms with E-state index in [9.17, 15) is 14.4 Å². The van der Waals surface area contributed by atoms with E-state index in [2.05, 4.69) is 17.5 Å². The number of amides is 3. The van der Waals surface area contributed by atoms with Crippen LogP contribution in [0.1, 0.15) is 22.5 Å². The first-order valence-corrected chi connectivity index (χ1v) is 10.1. The van der Waals surface area contributed by atoms with Crippen LogP contribution >= 0.6 is 0 Å². The van der Waals surface area contributed by atoms with E-state index in [1.54, 1.807) is 42.7 Å². The summed E-state index contributed by atoms with van der Waals surface area (Å²) < 4.78 is 5.23. The number of nitrogens with one attached hydrogen (secondary N) is 1. The molecule has 6 heteroatoms. The first-order chi connectivity index (χ1) is 14.1. The van der Waals surface area contributed by atoms with E-state index < -0.39 is 0 Å². The van der Waals surface area contributed by atoms with E-state index >= 15 is 0 Å². The Morgan fingerprint density at radius 3 is 2.41 bits per heavy atom. The van der Waals surface area contributed by atoms with E-state index in [4.69, 9.17) is 4.42 Å². The van der Waals surface area contributed by atoms with Gasteiger partial charge < -0.3 is 9.73 Å². The molecule has 1 aromatic heterocycles. The molecule has 4 aliphatic carbocycles. The van der Waals surface area contributed by atoms with Gasteiger partial charge in [-0.05, 0) is 60.4 Å². The maximum absolute atomic E-state index is 13.2. The fourth-order valence-corrected chi connectivity index (χ4v) is 5.68. The molecule has 146 valence electrons. The minimum absolute atomic E-state index is 0.113. The third-order valence-electron chi connectivity index (χ3n) is 7.03. The van der Waals surface area contributed by atoms with Crippen LogP contribution in [0.4, 0.5) is 5.69 Å². The topological polar surface area (TPSA) is 79.6 Å². The Bertz CT molecular complexity index is 1020. The Morgan fingerprint density at radius 2 is 1.76 bits per heavy atom. The average molecular weight is 388 g/mol. The maximum Gasteiger partial charge on any atom is 0.251 e. The highest BCUT2D eigenvalue weighted by molar-refractivity contribution is 6.23. The number of benzene rings is 1. The van der Waals surface area contributed by atoms with Crippen LogP contribution < -0.4 is 10.2 Å². The third kappa shape index (κ3) is 2.38. The molecule has 5 aliphatic rings. The highest BCUT2D eigenvalue weighted by Crippen LogP contribution is 2.65. The van der Waals surface area contributed by atoms with Crippen molar-refractivity contribution in [2.24, 2.45) is 35.5 Å². The van der Waals surface area contributed by atoms with Gasteiger partial charge in [0.1, 0.15) is 5.76 Å². The van der Waals surface area contributed by atoms with E-state index in [0.29, 0.717) is 28.8 Å². The number of hydrogen-bond donors (Lipinski definition) is 1. The molecule has 1 saturated heterocycles. The number of hydrogen-bond acceptors (Lipinski definition) is 4. The predicted octanol–water partition coefficient (Wildman–Crippen LogP) is 2.77. The molecule has 1 aromatic carbocycles. The minimum Gasteiger partial charge on any atom is -0.467 e. The molecule has 2 aromatic rings. The van der Waals surface area contributed by atoms with Crippen molar-refractivity contribution in [1.82, 2.24) is 5.32 Å². The van der Waals surface area contributed by atoms with Gasteiger partial charge in [-0.15, -0.1) is 0 Å². The SMILES string of the molecule is O=C(NCc1ccco1)c1cccc(N2C(=O)[C@@H]3[C@H]4C=C[C@H]([C@H]5C[C@H]45)[C@@H]3C2=O)c1. The minimum atomic E-state index is -0.275. The van der Waals surface area contributed by atoms with E-state index in [1.807, 2.05) is 0 Å². The molecule has 0 unspecified atom stereocenters. The van der Waals surface area contributed by atoms with Crippen molar-refractivity contribution in [1.29, 1.82) is 0 Å². The second kappa shape index (κ2) is 5.92. The molecule has 29 heavy (non-hydrogen) atoms. The Morgan fingerprint density at radius 1 is 1.03 bits per heavy atom. The van der Waals surface area contributed by atoms with Crippen LogP contribution in [0.5, 0.6) is 0 Å². The number of carbonyl (C=O) groups is 3. The Kier molecular flexibility index (Phi) is 3.43. The quantitative estimate of drug-likeness (QED) is 0.645. The summed E-state index contributed by atoms with van der Waals surface area (Å²) in [6, 6.07) is 10.3. The monoisotopic (exact) mass is 388 g/mol. The summed E-state index contributed by atoms with van der Waals surface area (Å²) in [6.07, 6.45) is 7.01. The molecular formula is C23H20N2O4. The summed E-state index contributed by atoms with van der Waals surface area (Å²) >= 11 is 0. The highest BCUT2D eigenvalue weighted by Gasteiger charge is 2.67. The van der Waals surface area contributed by atoms with Gasteiger partial charge in [-0.3, -0.25) is 14.4 Å². The molecule has 2 saturated carbocycles. The Balaban J connectivity index is 1.26. The summed E-state index contributed by atoms with van der Waals surface area (Å²) in [6.45, 7) is 0.277. The molecule has 6 atom stereocenters. The van der Waals surface area contributed by atoms with Crippen LogP contribution in [-0.2, 0) is 16.1 Å². The van der Waals surface area contributed by atoms with Crippen molar-refractivity contribution < 1.29 is 18.8 Å². The van der Waals surface area contributed by atoms with Crippen LogP contribution in [-0.4, -0.2) is 17.7 Å². The lowest BCUT2D eigenvalue weighted by Crippen LogP contribution is -2.40. The van der Waals surface area contributed by atoms with Crippen molar-refractivity contribution in [3.05, 3.63) is 66.1 Å². The van der Waals surface area contributed by atoms with Gasteiger partial charge in [0.05, 0.1) is 30.3 Å². The molecule has 3 fully saturated rings. The van der Waals surface area contributed by atoms with Crippen LogP contribution in [0.2, 0.25) is 0 Å². The van der Waals surface area contributed by atoms with Gasteiger partial charge in [-0.1, -0.05) is 18.2 Å². The van der Waals surface area contributed by atoms with E-state index in [-0.39, 0.29) is 47.9 Å². The van der Waals surface area contributed by atoms with Crippen LogP contribution in [0.25, 0.3) is 0 Å². The molecule has 3 amide bonds. The molecule has 7 rings (SSSR count). The van der Waals surface area contributed by atoms with Crippen molar-refractivity contribution in [2.75, 3.05) is 4.90 Å². The molecule has 1 N–H and O–H groups in total. The average Bonchev–Trinajstić information content (AvgIpc) is 3.33. The van der Waals surface area contributed by atoms with Gasteiger partial charge in [0.25, 0.3) is 5.91 Å². The molecule has 0 radical (unpaired) electrons. The van der Waals surface area contributed by atoms with Gasteiger partial charge in [-0.25, -0.2) is 4.90 Å². The van der Waals surface area contributed by atoms with E-state index in [0.717, 1.165) is 6.42 Å². The summed E-state index contributed by atoms with van der Waals surface area (Å²) in [5.41, 5.74) is 0.890. The van der Waals surface area contributed by atoms with Crippen LogP contribution in [0.3, 0.4) is 0 Å². The summed E-state index contributed by atoms with van der Waals surface area (Å²) in [4.78, 5) is 40.3. The first kappa shape index (κ1) is 16.8. The zero-order valence-electron chi connectivity index (χ0n) is 15.7. The number of carbonyl (C=O) groups excluding carboxylic acids is 3. The number of furan rings is 1. The van der Waals surface area contributed by atoms with Gasteiger partial charge in [0, 0.05) is 5.56 Å². The normalized spacial score (nSPS) is 33.6. The first-order valence-electron chi connectivity index (χ1n) is 10.1. The van der Waals surface area contributed by atoms with Crippen molar-refractivity contribution >= 4 is 23.4 Å². The summed E-state index contributed by atoms with van der Waals surface area (Å²) in [7, 11) is 0. The van der Waals surface area contributed by atoms with E-state index in [1.165, 1.54) is 4.90 Å². The van der Waals surface area contributed by atoms with Crippen molar-refractivity contribution in [3.63, 3.8) is 0 Å². The largest absolute Gasteiger partial charge is 0.467 e. The van der Waals surface area contributed by atoms with Gasteiger partial charge in [0.15, 0.2) is 0 Å². The summed E-state index contributed by atoms with van der Waals surface area (Å²) in [5.74, 6) is 1.20. The van der Waals surface area contributed by atoms with Gasteiger partial charge in [-0.2, -0.15) is 0 Å². The van der Waals surface area contributed by atoms with Crippen molar-refractivity contribution in [2.45, 2.75) is 13.0 Å². The molecule has 2 bridgehead atoms. The number of nitrogens with zero attached hydrogens (tertiary/aromatic N) is 1. The predicted molar refractivity (Wildman–Crippen MR) is 104 cm³/mol. The van der Waals surface area contributed by atoms with Crippen LogP contribution in [0.15, 0.2) is 59.2 Å². The smallest absolute Gasteiger partial charge is 0.251 e. The third-order valence-corrected chi connectivity index (χ3v) is 7.03. The van der Waals surface area contributed by atoms with Gasteiger partial charge >= 0.3 is 0 Å². The number of allylic oxidation sites excluding steroid dienone is 2. The molecule has 1 aliphatic heterocycles. The molecule has 2 heterocycles. The lowest BCUT2D eigenvalue weighted by molar-refractivity contribution is -0.124. The molecule has 0 spiro atoms. The second-order valence-corrected chi connectivity index (χ2v) is 8.48. The zero-order chi connectivity index (χ0) is 19.7.